The summed E-state index contributed by atoms with van der Waals surface area (Å²) < 4.78 is 10.9. The number of rotatable bonds is 5. The van der Waals surface area contributed by atoms with Crippen LogP contribution in [0.4, 0.5) is 17.6 Å². The molecular weight excluding hydrogens is 372 g/mol. The molecule has 1 aromatic carbocycles. The van der Waals surface area contributed by atoms with E-state index in [-0.39, 0.29) is 5.91 Å². The molecule has 2 aliphatic heterocycles. The first kappa shape index (κ1) is 19.3. The van der Waals surface area contributed by atoms with Crippen molar-refractivity contribution in [3.8, 4) is 11.4 Å². The number of ether oxygens (including phenoxy) is 2. The summed E-state index contributed by atoms with van der Waals surface area (Å²) >= 11 is 0. The smallest absolute Gasteiger partial charge is 0.247 e. The second-order valence-corrected chi connectivity index (χ2v) is 6.73. The monoisotopic (exact) mass is 396 g/mol. The lowest BCUT2D eigenvalue weighted by Crippen LogP contribution is -2.40. The quantitative estimate of drug-likeness (QED) is 0.757. The molecule has 0 aliphatic carbocycles. The summed E-state index contributed by atoms with van der Waals surface area (Å²) in [5.41, 5.74) is 1.46. The summed E-state index contributed by atoms with van der Waals surface area (Å²) in [6.45, 7) is 9.04. The Morgan fingerprint density at radius 1 is 0.966 bits per heavy atom. The second kappa shape index (κ2) is 8.97. The van der Waals surface area contributed by atoms with Gasteiger partial charge in [-0.25, -0.2) is 0 Å². The number of benzene rings is 1. The lowest BCUT2D eigenvalue weighted by Gasteiger charge is -2.30. The molecule has 2 saturated heterocycles. The van der Waals surface area contributed by atoms with Gasteiger partial charge in [-0.2, -0.15) is 15.0 Å². The fraction of sp³-hybridized carbons (Fsp3) is 0.400. The Balaban J connectivity index is 1.70. The third kappa shape index (κ3) is 4.69. The van der Waals surface area contributed by atoms with E-state index in [0.29, 0.717) is 49.8 Å². The first-order valence-electron chi connectivity index (χ1n) is 9.68. The van der Waals surface area contributed by atoms with Crippen molar-refractivity contribution in [2.45, 2.75) is 0 Å². The van der Waals surface area contributed by atoms with E-state index in [0.717, 1.165) is 31.7 Å². The maximum atomic E-state index is 11.6. The molecule has 4 rings (SSSR count). The Hall–Kier alpha value is -3.04. The van der Waals surface area contributed by atoms with E-state index in [1.165, 1.54) is 6.08 Å². The minimum Gasteiger partial charge on any atom is -0.378 e. The molecule has 0 saturated carbocycles. The number of nitrogens with zero attached hydrogens (tertiary/aromatic N) is 5. The lowest BCUT2D eigenvalue weighted by molar-refractivity contribution is -0.111. The van der Waals surface area contributed by atoms with Crippen molar-refractivity contribution in [1.29, 1.82) is 0 Å². The number of amides is 1. The molecule has 0 atom stereocenters. The zero-order valence-electron chi connectivity index (χ0n) is 16.2. The Morgan fingerprint density at radius 3 is 2.10 bits per heavy atom. The molecule has 1 amide bonds. The Labute approximate surface area is 169 Å². The van der Waals surface area contributed by atoms with Gasteiger partial charge in [-0.3, -0.25) is 4.79 Å². The third-order valence-electron chi connectivity index (χ3n) is 4.77. The van der Waals surface area contributed by atoms with Gasteiger partial charge < -0.3 is 24.6 Å². The van der Waals surface area contributed by atoms with Gasteiger partial charge in [0.1, 0.15) is 0 Å². The zero-order valence-corrected chi connectivity index (χ0v) is 16.2. The van der Waals surface area contributed by atoms with Crippen LogP contribution in [0, 0.1) is 0 Å². The van der Waals surface area contributed by atoms with Gasteiger partial charge in [-0.1, -0.05) is 18.7 Å². The first-order valence-corrected chi connectivity index (χ1v) is 9.68. The van der Waals surface area contributed by atoms with E-state index in [2.05, 4.69) is 21.7 Å². The minimum absolute atomic E-state index is 0.263. The number of nitrogens with one attached hydrogen (secondary N) is 1. The average molecular weight is 396 g/mol. The molecule has 9 heteroatoms. The number of hydrogen-bond acceptors (Lipinski definition) is 8. The van der Waals surface area contributed by atoms with Gasteiger partial charge in [0, 0.05) is 37.4 Å². The standard InChI is InChI=1S/C20H24N6O3/c1-2-17(27)21-16-5-3-4-15(14-16)18-22-19(25-6-10-28-11-7-25)24-20(23-18)26-8-12-29-13-9-26/h2-5,14H,1,6-13H2,(H,21,27). The van der Waals surface area contributed by atoms with Gasteiger partial charge in [-0.05, 0) is 18.2 Å². The average Bonchev–Trinajstić information content (AvgIpc) is 2.80. The van der Waals surface area contributed by atoms with E-state index in [4.69, 9.17) is 24.4 Å². The third-order valence-corrected chi connectivity index (χ3v) is 4.77. The van der Waals surface area contributed by atoms with Gasteiger partial charge in [-0.15, -0.1) is 0 Å². The zero-order chi connectivity index (χ0) is 20.1. The van der Waals surface area contributed by atoms with Gasteiger partial charge in [0.25, 0.3) is 0 Å². The maximum absolute atomic E-state index is 11.6. The van der Waals surface area contributed by atoms with E-state index < -0.39 is 0 Å². The highest BCUT2D eigenvalue weighted by Crippen LogP contribution is 2.24. The lowest BCUT2D eigenvalue weighted by atomic mass is 10.2. The van der Waals surface area contributed by atoms with Crippen molar-refractivity contribution in [3.05, 3.63) is 36.9 Å². The van der Waals surface area contributed by atoms with Crippen LogP contribution in [0.25, 0.3) is 11.4 Å². The SMILES string of the molecule is C=CC(=O)Nc1cccc(-c2nc(N3CCOCC3)nc(N3CCOCC3)n2)c1. The molecule has 0 radical (unpaired) electrons. The van der Waals surface area contributed by atoms with Crippen LogP contribution in [0.1, 0.15) is 0 Å². The van der Waals surface area contributed by atoms with Crippen LogP contribution in [-0.2, 0) is 14.3 Å². The molecule has 1 N–H and O–H groups in total. The van der Waals surface area contributed by atoms with Crippen LogP contribution in [0.3, 0.4) is 0 Å². The van der Waals surface area contributed by atoms with Gasteiger partial charge >= 0.3 is 0 Å². The van der Waals surface area contributed by atoms with Crippen LogP contribution in [0.5, 0.6) is 0 Å². The van der Waals surface area contributed by atoms with Crippen molar-refractivity contribution in [1.82, 2.24) is 15.0 Å². The van der Waals surface area contributed by atoms with Crippen molar-refractivity contribution in [2.75, 3.05) is 67.7 Å². The molecule has 3 heterocycles. The van der Waals surface area contributed by atoms with Crippen LogP contribution in [0.2, 0.25) is 0 Å². The number of morpholine rings is 2. The minimum atomic E-state index is -0.263. The Kier molecular flexibility index (Phi) is 5.97. The molecule has 0 unspecified atom stereocenters. The second-order valence-electron chi connectivity index (χ2n) is 6.73. The topological polar surface area (TPSA) is 92.7 Å². The van der Waals surface area contributed by atoms with Crippen molar-refractivity contribution < 1.29 is 14.3 Å². The first-order chi connectivity index (χ1) is 14.2. The highest BCUT2D eigenvalue weighted by atomic mass is 16.5. The molecular formula is C20H24N6O3. The highest BCUT2D eigenvalue weighted by molar-refractivity contribution is 5.99. The molecule has 2 fully saturated rings. The fourth-order valence-corrected chi connectivity index (χ4v) is 3.22. The van der Waals surface area contributed by atoms with Gasteiger partial charge in [0.15, 0.2) is 5.82 Å². The fourth-order valence-electron chi connectivity index (χ4n) is 3.22. The number of anilines is 3. The van der Waals surface area contributed by atoms with Gasteiger partial charge in [0.05, 0.1) is 26.4 Å². The molecule has 0 spiro atoms. The van der Waals surface area contributed by atoms with Gasteiger partial charge in [0.2, 0.25) is 17.8 Å². The highest BCUT2D eigenvalue weighted by Gasteiger charge is 2.21. The summed E-state index contributed by atoms with van der Waals surface area (Å²) in [5.74, 6) is 1.58. The molecule has 152 valence electrons. The number of aromatic nitrogens is 3. The van der Waals surface area contributed by atoms with E-state index in [1.54, 1.807) is 0 Å². The molecule has 1 aromatic heterocycles. The number of hydrogen-bond donors (Lipinski definition) is 1. The molecule has 0 bridgehead atoms. The number of carbonyl (C=O) groups is 1. The predicted molar refractivity (Wildman–Crippen MR) is 110 cm³/mol. The summed E-state index contributed by atoms with van der Waals surface area (Å²) in [4.78, 5) is 30.0. The number of carbonyl (C=O) groups excluding carboxylic acids is 1. The van der Waals surface area contributed by atoms with Crippen molar-refractivity contribution in [3.63, 3.8) is 0 Å². The van der Waals surface area contributed by atoms with E-state index in [9.17, 15) is 4.79 Å². The normalized spacial score (nSPS) is 17.1. The molecule has 2 aliphatic rings. The maximum Gasteiger partial charge on any atom is 0.247 e. The largest absolute Gasteiger partial charge is 0.378 e. The van der Waals surface area contributed by atoms with Crippen molar-refractivity contribution >= 4 is 23.5 Å². The van der Waals surface area contributed by atoms with E-state index in [1.807, 2.05) is 24.3 Å². The van der Waals surface area contributed by atoms with E-state index >= 15 is 0 Å². The van der Waals surface area contributed by atoms with Crippen LogP contribution < -0.4 is 15.1 Å². The van der Waals surface area contributed by atoms with Crippen LogP contribution in [0.15, 0.2) is 36.9 Å². The summed E-state index contributed by atoms with van der Waals surface area (Å²) in [7, 11) is 0. The molecule has 29 heavy (non-hydrogen) atoms. The molecule has 2 aromatic rings. The van der Waals surface area contributed by atoms with Crippen LogP contribution >= 0.6 is 0 Å². The summed E-state index contributed by atoms with van der Waals surface area (Å²) in [6.07, 6.45) is 1.24. The summed E-state index contributed by atoms with van der Waals surface area (Å²) in [6, 6.07) is 7.45. The van der Waals surface area contributed by atoms with Crippen molar-refractivity contribution in [2.24, 2.45) is 0 Å². The predicted octanol–water partition coefficient (Wildman–Crippen LogP) is 1.34. The Morgan fingerprint density at radius 2 is 1.55 bits per heavy atom. The Bertz CT molecular complexity index is 842. The molecule has 9 nitrogen and oxygen atoms in total. The summed E-state index contributed by atoms with van der Waals surface area (Å²) in [5, 5.41) is 2.78. The van der Waals surface area contributed by atoms with Crippen LogP contribution in [-0.4, -0.2) is 73.5 Å².